The summed E-state index contributed by atoms with van der Waals surface area (Å²) >= 11 is 0. The van der Waals surface area contributed by atoms with Gasteiger partial charge in [0.05, 0.1) is 0 Å². The van der Waals surface area contributed by atoms with Crippen LogP contribution in [0.2, 0.25) is 0 Å². The molecular formula is C9H19N3O2. The molecule has 0 heterocycles. The molecule has 0 saturated carbocycles. The summed E-state index contributed by atoms with van der Waals surface area (Å²) in [5.74, 6) is -0.377. The SMILES string of the molecule is CNC(=O)C(C)CN(C)CCC(N)=O. The van der Waals surface area contributed by atoms with E-state index in [0.29, 0.717) is 19.5 Å². The highest BCUT2D eigenvalue weighted by Crippen LogP contribution is 1.98. The molecule has 1 atom stereocenters. The maximum atomic E-state index is 11.2. The van der Waals surface area contributed by atoms with E-state index in [4.69, 9.17) is 5.73 Å². The number of hydrogen-bond donors (Lipinski definition) is 2. The Morgan fingerprint density at radius 2 is 2.07 bits per heavy atom. The monoisotopic (exact) mass is 201 g/mol. The van der Waals surface area contributed by atoms with Crippen molar-refractivity contribution in [3.8, 4) is 0 Å². The Morgan fingerprint density at radius 3 is 2.50 bits per heavy atom. The molecule has 0 aliphatic carbocycles. The molecule has 0 aromatic rings. The van der Waals surface area contributed by atoms with Crippen LogP contribution in [-0.2, 0) is 9.59 Å². The number of rotatable bonds is 6. The number of carbonyl (C=O) groups excluding carboxylic acids is 2. The van der Waals surface area contributed by atoms with Crippen molar-refractivity contribution >= 4 is 11.8 Å². The van der Waals surface area contributed by atoms with E-state index in [1.165, 1.54) is 0 Å². The van der Waals surface area contributed by atoms with E-state index in [1.54, 1.807) is 7.05 Å². The van der Waals surface area contributed by atoms with E-state index in [2.05, 4.69) is 5.32 Å². The summed E-state index contributed by atoms with van der Waals surface area (Å²) in [5, 5.41) is 2.58. The van der Waals surface area contributed by atoms with Gasteiger partial charge in [-0.25, -0.2) is 0 Å². The van der Waals surface area contributed by atoms with Crippen molar-refractivity contribution in [1.82, 2.24) is 10.2 Å². The molecule has 0 rings (SSSR count). The van der Waals surface area contributed by atoms with Crippen LogP contribution < -0.4 is 11.1 Å². The predicted octanol–water partition coefficient (Wildman–Crippen LogP) is -0.824. The predicted molar refractivity (Wildman–Crippen MR) is 54.5 cm³/mol. The molecule has 0 aliphatic heterocycles. The van der Waals surface area contributed by atoms with Crippen LogP contribution in [-0.4, -0.2) is 43.9 Å². The molecule has 0 radical (unpaired) electrons. The van der Waals surface area contributed by atoms with Crippen LogP contribution in [0.1, 0.15) is 13.3 Å². The van der Waals surface area contributed by atoms with Gasteiger partial charge < -0.3 is 16.0 Å². The Labute approximate surface area is 84.6 Å². The molecule has 0 aliphatic rings. The minimum absolute atomic E-state index is 0.0101. The van der Waals surface area contributed by atoms with Crippen molar-refractivity contribution in [1.29, 1.82) is 0 Å². The molecular weight excluding hydrogens is 182 g/mol. The van der Waals surface area contributed by atoms with Gasteiger partial charge in [0, 0.05) is 32.5 Å². The summed E-state index contributed by atoms with van der Waals surface area (Å²) in [6.45, 7) is 3.07. The number of nitrogens with one attached hydrogen (secondary N) is 1. The minimum atomic E-state index is -0.315. The third-order valence-corrected chi connectivity index (χ3v) is 2.02. The summed E-state index contributed by atoms with van der Waals surface area (Å²) in [6.07, 6.45) is 0.330. The molecule has 0 aromatic carbocycles. The Kier molecular flexibility index (Phi) is 5.87. The largest absolute Gasteiger partial charge is 0.370 e. The molecule has 5 nitrogen and oxygen atoms in total. The maximum absolute atomic E-state index is 11.2. The third kappa shape index (κ3) is 5.53. The number of hydrogen-bond acceptors (Lipinski definition) is 3. The molecule has 82 valence electrons. The molecule has 0 bridgehead atoms. The van der Waals surface area contributed by atoms with Gasteiger partial charge in [0.15, 0.2) is 0 Å². The molecule has 2 amide bonds. The van der Waals surface area contributed by atoms with Gasteiger partial charge in [0.2, 0.25) is 11.8 Å². The quantitative estimate of drug-likeness (QED) is 0.589. The second kappa shape index (κ2) is 6.37. The third-order valence-electron chi connectivity index (χ3n) is 2.02. The highest BCUT2D eigenvalue weighted by atomic mass is 16.2. The lowest BCUT2D eigenvalue weighted by Crippen LogP contribution is -2.35. The van der Waals surface area contributed by atoms with E-state index in [-0.39, 0.29) is 17.7 Å². The lowest BCUT2D eigenvalue weighted by Gasteiger charge is -2.19. The number of primary amides is 1. The zero-order chi connectivity index (χ0) is 11.1. The first-order chi connectivity index (χ1) is 6.47. The fraction of sp³-hybridized carbons (Fsp3) is 0.778. The number of nitrogens with two attached hydrogens (primary N) is 1. The molecule has 0 spiro atoms. The number of amides is 2. The van der Waals surface area contributed by atoms with E-state index in [9.17, 15) is 9.59 Å². The van der Waals surface area contributed by atoms with Crippen LogP contribution >= 0.6 is 0 Å². The van der Waals surface area contributed by atoms with E-state index in [0.717, 1.165) is 0 Å². The van der Waals surface area contributed by atoms with Crippen molar-refractivity contribution in [3.05, 3.63) is 0 Å². The molecule has 0 fully saturated rings. The van der Waals surface area contributed by atoms with Gasteiger partial charge in [-0.3, -0.25) is 9.59 Å². The first-order valence-electron chi connectivity index (χ1n) is 4.65. The Morgan fingerprint density at radius 1 is 1.50 bits per heavy atom. The summed E-state index contributed by atoms with van der Waals surface area (Å²) in [5.41, 5.74) is 5.01. The summed E-state index contributed by atoms with van der Waals surface area (Å²) < 4.78 is 0. The fourth-order valence-corrected chi connectivity index (χ4v) is 1.19. The zero-order valence-corrected chi connectivity index (χ0v) is 9.04. The van der Waals surface area contributed by atoms with Gasteiger partial charge in [-0.1, -0.05) is 6.92 Å². The first kappa shape index (κ1) is 12.9. The summed E-state index contributed by atoms with van der Waals surface area (Å²) in [4.78, 5) is 23.6. The molecule has 0 saturated heterocycles. The van der Waals surface area contributed by atoms with Gasteiger partial charge in [-0.15, -0.1) is 0 Å². The summed E-state index contributed by atoms with van der Waals surface area (Å²) in [6, 6.07) is 0. The maximum Gasteiger partial charge on any atom is 0.223 e. The van der Waals surface area contributed by atoms with Crippen LogP contribution in [0.5, 0.6) is 0 Å². The van der Waals surface area contributed by atoms with Gasteiger partial charge >= 0.3 is 0 Å². The van der Waals surface area contributed by atoms with E-state index in [1.807, 2.05) is 18.9 Å². The lowest BCUT2D eigenvalue weighted by molar-refractivity contribution is -0.124. The number of nitrogens with zero attached hydrogens (tertiary/aromatic N) is 1. The van der Waals surface area contributed by atoms with Crippen LogP contribution in [0.4, 0.5) is 0 Å². The van der Waals surface area contributed by atoms with Crippen molar-refractivity contribution in [2.45, 2.75) is 13.3 Å². The zero-order valence-electron chi connectivity index (χ0n) is 9.04. The highest BCUT2D eigenvalue weighted by Gasteiger charge is 2.13. The fourth-order valence-electron chi connectivity index (χ4n) is 1.19. The highest BCUT2D eigenvalue weighted by molar-refractivity contribution is 5.78. The average molecular weight is 201 g/mol. The van der Waals surface area contributed by atoms with Crippen LogP contribution in [0.15, 0.2) is 0 Å². The van der Waals surface area contributed by atoms with Crippen LogP contribution in [0.3, 0.4) is 0 Å². The average Bonchev–Trinajstić information content (AvgIpc) is 2.13. The molecule has 3 N–H and O–H groups in total. The Bertz CT molecular complexity index is 206. The standard InChI is InChI=1S/C9H19N3O2/c1-7(9(14)11-2)6-12(3)5-4-8(10)13/h7H,4-6H2,1-3H3,(H2,10,13)(H,11,14). The van der Waals surface area contributed by atoms with E-state index < -0.39 is 0 Å². The van der Waals surface area contributed by atoms with Crippen molar-refractivity contribution in [2.24, 2.45) is 11.7 Å². The Hall–Kier alpha value is -1.10. The number of carbonyl (C=O) groups is 2. The molecule has 1 unspecified atom stereocenters. The lowest BCUT2D eigenvalue weighted by atomic mass is 10.1. The smallest absolute Gasteiger partial charge is 0.223 e. The Balaban J connectivity index is 3.76. The minimum Gasteiger partial charge on any atom is -0.370 e. The first-order valence-corrected chi connectivity index (χ1v) is 4.65. The van der Waals surface area contributed by atoms with Gasteiger partial charge in [-0.05, 0) is 7.05 Å². The topological polar surface area (TPSA) is 75.4 Å². The molecule has 0 aromatic heterocycles. The second-order valence-corrected chi connectivity index (χ2v) is 3.49. The van der Waals surface area contributed by atoms with Gasteiger partial charge in [0.1, 0.15) is 0 Å². The van der Waals surface area contributed by atoms with Gasteiger partial charge in [-0.2, -0.15) is 0 Å². The second-order valence-electron chi connectivity index (χ2n) is 3.49. The van der Waals surface area contributed by atoms with Crippen LogP contribution in [0.25, 0.3) is 0 Å². The normalized spacial score (nSPS) is 12.6. The van der Waals surface area contributed by atoms with Crippen molar-refractivity contribution < 1.29 is 9.59 Å². The van der Waals surface area contributed by atoms with Crippen LogP contribution in [0, 0.1) is 5.92 Å². The van der Waals surface area contributed by atoms with E-state index >= 15 is 0 Å². The van der Waals surface area contributed by atoms with Gasteiger partial charge in [0.25, 0.3) is 0 Å². The summed E-state index contributed by atoms with van der Waals surface area (Å²) in [7, 11) is 3.48. The molecule has 14 heavy (non-hydrogen) atoms. The molecule has 5 heteroatoms. The van der Waals surface area contributed by atoms with Crippen molar-refractivity contribution in [3.63, 3.8) is 0 Å². The van der Waals surface area contributed by atoms with Crippen molar-refractivity contribution in [2.75, 3.05) is 27.2 Å².